The molecule has 2 aromatic carbocycles. The first-order valence-corrected chi connectivity index (χ1v) is 9.25. The van der Waals surface area contributed by atoms with Gasteiger partial charge >= 0.3 is 5.91 Å². The van der Waals surface area contributed by atoms with E-state index in [9.17, 15) is 14.7 Å². The lowest BCUT2D eigenvalue weighted by atomic mass is 9.95. The Morgan fingerprint density at radius 2 is 1.62 bits per heavy atom. The van der Waals surface area contributed by atoms with Crippen LogP contribution in [0.15, 0.2) is 72.6 Å². The minimum absolute atomic E-state index is 0.0198. The molecule has 1 N–H and O–H groups in total. The molecule has 144 valence electrons. The topological polar surface area (TPSA) is 83.4 Å². The third kappa shape index (κ3) is 3.39. The zero-order chi connectivity index (χ0) is 20.5. The summed E-state index contributed by atoms with van der Waals surface area (Å²) < 4.78 is 0. The number of aliphatic hydroxyl groups is 1. The van der Waals surface area contributed by atoms with Crippen molar-refractivity contribution in [3.63, 3.8) is 0 Å². The molecular weight excluding hydrogens is 390 g/mol. The summed E-state index contributed by atoms with van der Waals surface area (Å²) in [6, 6.07) is 14.5. The fourth-order valence-electron chi connectivity index (χ4n) is 3.28. The van der Waals surface area contributed by atoms with Gasteiger partial charge in [-0.05, 0) is 30.7 Å². The number of aliphatic hydroxyl groups excluding tert-OH is 1. The molecule has 4 rings (SSSR count). The van der Waals surface area contributed by atoms with Crippen molar-refractivity contribution in [3.8, 4) is 0 Å². The molecule has 1 atom stereocenters. The van der Waals surface area contributed by atoms with Gasteiger partial charge in [0.15, 0.2) is 0 Å². The minimum Gasteiger partial charge on any atom is -0.507 e. The zero-order valence-electron chi connectivity index (χ0n) is 15.4. The highest BCUT2D eigenvalue weighted by Crippen LogP contribution is 2.41. The van der Waals surface area contributed by atoms with Gasteiger partial charge in [0.1, 0.15) is 5.76 Å². The number of benzene rings is 2. The quantitative estimate of drug-likeness (QED) is 0.403. The number of amides is 1. The number of hydrogen-bond acceptors (Lipinski definition) is 5. The second kappa shape index (κ2) is 7.48. The number of anilines is 1. The molecule has 1 saturated heterocycles. The molecule has 7 heteroatoms. The van der Waals surface area contributed by atoms with Crippen LogP contribution in [0.3, 0.4) is 0 Å². The van der Waals surface area contributed by atoms with Crippen LogP contribution in [-0.2, 0) is 9.59 Å². The molecule has 1 unspecified atom stereocenters. The van der Waals surface area contributed by atoms with Gasteiger partial charge in [-0.1, -0.05) is 53.6 Å². The van der Waals surface area contributed by atoms with E-state index in [1.807, 2.05) is 19.1 Å². The van der Waals surface area contributed by atoms with Crippen LogP contribution in [0.1, 0.15) is 22.7 Å². The molecule has 1 amide bonds. The van der Waals surface area contributed by atoms with Crippen molar-refractivity contribution < 1.29 is 14.7 Å². The Hall–Kier alpha value is -3.51. The van der Waals surface area contributed by atoms with Gasteiger partial charge in [0.05, 0.1) is 11.6 Å². The average Bonchev–Trinajstić information content (AvgIpc) is 3.00. The molecule has 0 saturated carbocycles. The first-order valence-electron chi connectivity index (χ1n) is 8.88. The van der Waals surface area contributed by atoms with Crippen LogP contribution >= 0.6 is 11.6 Å². The molecule has 0 aliphatic carbocycles. The largest absolute Gasteiger partial charge is 0.507 e. The summed E-state index contributed by atoms with van der Waals surface area (Å²) in [5, 5.41) is 11.5. The van der Waals surface area contributed by atoms with Gasteiger partial charge in [0.2, 0.25) is 5.95 Å². The van der Waals surface area contributed by atoms with E-state index in [-0.39, 0.29) is 17.3 Å². The molecule has 2 heterocycles. The number of aryl methyl sites for hydroxylation is 1. The third-order valence-electron chi connectivity index (χ3n) is 4.72. The van der Waals surface area contributed by atoms with Gasteiger partial charge in [-0.15, -0.1) is 0 Å². The molecular formula is C22H16ClN3O3. The van der Waals surface area contributed by atoms with E-state index in [2.05, 4.69) is 9.97 Å². The molecule has 0 spiro atoms. The van der Waals surface area contributed by atoms with Crippen LogP contribution in [0.4, 0.5) is 5.95 Å². The Morgan fingerprint density at radius 3 is 2.24 bits per heavy atom. The molecule has 6 nitrogen and oxygen atoms in total. The third-order valence-corrected chi connectivity index (χ3v) is 4.97. The highest BCUT2D eigenvalue weighted by atomic mass is 35.5. The van der Waals surface area contributed by atoms with Crippen LogP contribution in [-0.4, -0.2) is 26.8 Å². The predicted octanol–water partition coefficient (Wildman–Crippen LogP) is 4.06. The number of carbonyl (C=O) groups is 2. The van der Waals surface area contributed by atoms with Crippen LogP contribution in [0.2, 0.25) is 5.02 Å². The van der Waals surface area contributed by atoms with Crippen molar-refractivity contribution in [1.82, 2.24) is 9.97 Å². The normalized spacial score (nSPS) is 18.3. The predicted molar refractivity (Wildman–Crippen MR) is 109 cm³/mol. The monoisotopic (exact) mass is 405 g/mol. The number of Topliss-reactive ketones (excluding diaryl/α,β-unsaturated/α-hetero) is 1. The average molecular weight is 406 g/mol. The number of aromatic nitrogens is 2. The minimum atomic E-state index is -0.879. The number of halogens is 1. The molecule has 1 aromatic heterocycles. The van der Waals surface area contributed by atoms with Crippen molar-refractivity contribution in [3.05, 3.63) is 94.3 Å². The van der Waals surface area contributed by atoms with Gasteiger partial charge in [-0.3, -0.25) is 14.5 Å². The first-order chi connectivity index (χ1) is 14.0. The van der Waals surface area contributed by atoms with Gasteiger partial charge in [0.25, 0.3) is 5.78 Å². The highest BCUT2D eigenvalue weighted by Gasteiger charge is 2.48. The van der Waals surface area contributed by atoms with Crippen LogP contribution in [0.5, 0.6) is 0 Å². The van der Waals surface area contributed by atoms with E-state index >= 15 is 0 Å². The van der Waals surface area contributed by atoms with E-state index in [0.29, 0.717) is 16.1 Å². The maximum atomic E-state index is 12.9. The van der Waals surface area contributed by atoms with Gasteiger partial charge < -0.3 is 5.11 Å². The molecule has 1 aliphatic heterocycles. The number of nitrogens with zero attached hydrogens (tertiary/aromatic N) is 3. The van der Waals surface area contributed by atoms with Crippen molar-refractivity contribution in [2.45, 2.75) is 13.0 Å². The fourth-order valence-corrected chi connectivity index (χ4v) is 3.41. The van der Waals surface area contributed by atoms with Gasteiger partial charge in [0, 0.05) is 23.0 Å². The van der Waals surface area contributed by atoms with Crippen molar-refractivity contribution >= 4 is 35.0 Å². The lowest BCUT2D eigenvalue weighted by Gasteiger charge is -2.23. The highest BCUT2D eigenvalue weighted by molar-refractivity contribution is 6.51. The molecule has 0 radical (unpaired) electrons. The Bertz CT molecular complexity index is 1110. The summed E-state index contributed by atoms with van der Waals surface area (Å²) >= 11 is 6.01. The Morgan fingerprint density at radius 1 is 1.00 bits per heavy atom. The summed E-state index contributed by atoms with van der Waals surface area (Å²) in [6.45, 7) is 1.92. The van der Waals surface area contributed by atoms with E-state index in [1.54, 1.807) is 42.5 Å². The number of rotatable bonds is 3. The van der Waals surface area contributed by atoms with Crippen LogP contribution in [0, 0.1) is 6.92 Å². The maximum absolute atomic E-state index is 12.9. The molecule has 1 fully saturated rings. The molecule has 0 bridgehead atoms. The second-order valence-corrected chi connectivity index (χ2v) is 7.07. The van der Waals surface area contributed by atoms with Crippen LogP contribution < -0.4 is 4.90 Å². The summed E-state index contributed by atoms with van der Waals surface area (Å²) in [5.41, 5.74) is 2.04. The van der Waals surface area contributed by atoms with Gasteiger partial charge in [-0.2, -0.15) is 0 Å². The molecule has 1 aliphatic rings. The van der Waals surface area contributed by atoms with E-state index < -0.39 is 17.7 Å². The van der Waals surface area contributed by atoms with Crippen molar-refractivity contribution in [1.29, 1.82) is 0 Å². The van der Waals surface area contributed by atoms with Crippen LogP contribution in [0.25, 0.3) is 5.76 Å². The lowest BCUT2D eigenvalue weighted by molar-refractivity contribution is -0.132. The number of ketones is 1. The Balaban J connectivity index is 1.94. The number of carbonyl (C=O) groups excluding carboxylic acids is 2. The Labute approximate surface area is 172 Å². The fraction of sp³-hybridized carbons (Fsp3) is 0.0909. The lowest BCUT2D eigenvalue weighted by Crippen LogP contribution is -2.31. The summed E-state index contributed by atoms with van der Waals surface area (Å²) in [4.78, 5) is 35.3. The second-order valence-electron chi connectivity index (χ2n) is 6.64. The summed E-state index contributed by atoms with van der Waals surface area (Å²) in [5.74, 6) is -1.76. The molecule has 3 aromatic rings. The van der Waals surface area contributed by atoms with Gasteiger partial charge in [-0.25, -0.2) is 9.97 Å². The molecule has 29 heavy (non-hydrogen) atoms. The first kappa shape index (κ1) is 18.8. The summed E-state index contributed by atoms with van der Waals surface area (Å²) in [6.07, 6.45) is 2.97. The van der Waals surface area contributed by atoms with E-state index in [1.165, 1.54) is 17.3 Å². The SMILES string of the molecule is Cc1ccc(/C(O)=C2\C(=O)C(=O)N(c3ncccn3)C2c2ccc(Cl)cc2)cc1. The zero-order valence-corrected chi connectivity index (χ0v) is 16.2. The van der Waals surface area contributed by atoms with E-state index in [4.69, 9.17) is 11.6 Å². The summed E-state index contributed by atoms with van der Waals surface area (Å²) in [7, 11) is 0. The maximum Gasteiger partial charge on any atom is 0.302 e. The van der Waals surface area contributed by atoms with E-state index in [0.717, 1.165) is 5.56 Å². The smallest absolute Gasteiger partial charge is 0.302 e. The Kier molecular flexibility index (Phi) is 4.86. The number of hydrogen-bond donors (Lipinski definition) is 1. The standard InChI is InChI=1S/C22H16ClN3O3/c1-13-3-5-15(6-4-13)19(27)17-18(14-7-9-16(23)10-8-14)26(21(29)20(17)28)22-24-11-2-12-25-22/h2-12,18,27H,1H3/b19-17+. The van der Waals surface area contributed by atoms with Crippen molar-refractivity contribution in [2.24, 2.45) is 0 Å². The van der Waals surface area contributed by atoms with Crippen molar-refractivity contribution in [2.75, 3.05) is 4.90 Å².